The standard InChI is InChI=1S/C36H12N6O6/c43-31-13-7-1-2-8-14(13)32(44)26-25(31)37-19-20(38-26)22-24(42-30-29(40-22)35(47)17-11-5-6-12-18(17)36(30)48)23-21(19)39-27-28(41-23)34(46)16-10-4-3-9-15(16)33(27)45/h1-12H. The molecule has 0 unspecified atom stereocenters. The molecule has 0 bridgehead atoms. The van der Waals surface area contributed by atoms with Crippen molar-refractivity contribution in [3.05, 3.63) is 134 Å². The topological polar surface area (TPSA) is 180 Å². The average molecular weight is 625 g/mol. The van der Waals surface area contributed by atoms with Crippen LogP contribution >= 0.6 is 0 Å². The first-order valence-corrected chi connectivity index (χ1v) is 14.6. The normalized spacial score (nSPS) is 12.2. The Labute approximate surface area is 262 Å². The molecule has 0 saturated heterocycles. The second kappa shape index (κ2) is 8.79. The van der Waals surface area contributed by atoms with Crippen molar-refractivity contribution in [2.24, 2.45) is 0 Å². The van der Waals surface area contributed by atoms with Crippen molar-refractivity contribution in [3.8, 4) is 0 Å². The molecular formula is C36H12N6O6. The fraction of sp³-hybridized carbons (Fsp3) is 0. The molecule has 0 atom stereocenters. The Kier molecular flexibility index (Phi) is 4.79. The molecule has 48 heavy (non-hydrogen) atoms. The molecule has 12 nitrogen and oxygen atoms in total. The Hall–Kier alpha value is -7.08. The predicted octanol–water partition coefficient (Wildman–Crippen LogP) is 2.91. The summed E-state index contributed by atoms with van der Waals surface area (Å²) in [6, 6.07) is 18.8. The van der Waals surface area contributed by atoms with E-state index < -0.39 is 32.6 Å². The molecule has 10 aromatic rings. The van der Waals surface area contributed by atoms with E-state index in [9.17, 15) is 28.8 Å². The van der Waals surface area contributed by atoms with Gasteiger partial charge in [0.05, 0.1) is 0 Å². The number of hydrogen-bond acceptors (Lipinski definition) is 12. The summed E-state index contributed by atoms with van der Waals surface area (Å²) in [7, 11) is 0. The van der Waals surface area contributed by atoms with Gasteiger partial charge in [-0.3, -0.25) is 28.8 Å². The lowest BCUT2D eigenvalue weighted by molar-refractivity contribution is 1.32. The Morgan fingerprint density at radius 1 is 0.229 bits per heavy atom. The van der Waals surface area contributed by atoms with Crippen LogP contribution in [0.1, 0.15) is 0 Å². The van der Waals surface area contributed by atoms with Crippen molar-refractivity contribution < 1.29 is 0 Å². The number of fused-ring (bicyclic) bond motifs is 12. The molecule has 0 aliphatic carbocycles. The van der Waals surface area contributed by atoms with Gasteiger partial charge in [0.25, 0.3) is 0 Å². The third-order valence-corrected chi connectivity index (χ3v) is 8.90. The highest BCUT2D eigenvalue weighted by Crippen LogP contribution is 2.32. The Morgan fingerprint density at radius 3 is 0.521 bits per heavy atom. The molecule has 0 fully saturated rings. The summed E-state index contributed by atoms with van der Waals surface area (Å²) in [6.07, 6.45) is 0. The van der Waals surface area contributed by atoms with Gasteiger partial charge in [-0.2, -0.15) is 0 Å². The van der Waals surface area contributed by atoms with Crippen LogP contribution in [0.15, 0.2) is 102 Å². The first-order valence-electron chi connectivity index (χ1n) is 14.6. The van der Waals surface area contributed by atoms with Gasteiger partial charge >= 0.3 is 0 Å². The fourth-order valence-electron chi connectivity index (χ4n) is 6.65. The summed E-state index contributed by atoms with van der Waals surface area (Å²) >= 11 is 0. The van der Waals surface area contributed by atoms with Crippen LogP contribution in [0.25, 0.3) is 98.5 Å². The van der Waals surface area contributed by atoms with E-state index in [1.165, 1.54) is 36.4 Å². The minimum absolute atomic E-state index is 0.0598. The van der Waals surface area contributed by atoms with Crippen LogP contribution in [0.5, 0.6) is 0 Å². The van der Waals surface area contributed by atoms with E-state index in [1.54, 1.807) is 36.4 Å². The molecule has 0 spiro atoms. The molecule has 3 heterocycles. The quantitative estimate of drug-likeness (QED) is 0.178. The van der Waals surface area contributed by atoms with Crippen molar-refractivity contribution >= 4 is 98.5 Å². The van der Waals surface area contributed by atoms with Crippen LogP contribution in [0, 0.1) is 0 Å². The summed E-state index contributed by atoms with van der Waals surface area (Å²) in [5.41, 5.74) is -5.15. The molecule has 0 saturated carbocycles. The van der Waals surface area contributed by atoms with E-state index in [0.29, 0.717) is 0 Å². The number of hydrogen-bond donors (Lipinski definition) is 0. The van der Waals surface area contributed by atoms with Gasteiger partial charge in [0.2, 0.25) is 32.6 Å². The Morgan fingerprint density at radius 2 is 0.375 bits per heavy atom. The molecule has 0 aliphatic heterocycles. The van der Waals surface area contributed by atoms with Gasteiger partial charge in [-0.25, -0.2) is 29.9 Å². The van der Waals surface area contributed by atoms with Gasteiger partial charge in [0.1, 0.15) is 66.2 Å². The van der Waals surface area contributed by atoms with E-state index in [-0.39, 0.29) is 98.5 Å². The highest BCUT2D eigenvalue weighted by Gasteiger charge is 2.24. The van der Waals surface area contributed by atoms with Crippen LogP contribution in [-0.2, 0) is 0 Å². The zero-order valence-electron chi connectivity index (χ0n) is 24.1. The summed E-state index contributed by atoms with van der Waals surface area (Å²) < 4.78 is 0. The predicted molar refractivity (Wildman–Crippen MR) is 182 cm³/mol. The highest BCUT2D eigenvalue weighted by atomic mass is 16.1. The first kappa shape index (κ1) is 26.2. The van der Waals surface area contributed by atoms with E-state index >= 15 is 0 Å². The first-order chi connectivity index (χ1) is 23.3. The highest BCUT2D eigenvalue weighted by molar-refractivity contribution is 6.21. The van der Waals surface area contributed by atoms with Gasteiger partial charge in [-0.05, 0) is 0 Å². The van der Waals surface area contributed by atoms with Gasteiger partial charge in [0, 0.05) is 32.3 Å². The molecular weight excluding hydrogens is 612 g/mol. The van der Waals surface area contributed by atoms with E-state index in [2.05, 4.69) is 29.9 Å². The summed E-state index contributed by atoms with van der Waals surface area (Å²) in [5.74, 6) is 0. The lowest BCUT2D eigenvalue weighted by atomic mass is 10.1. The molecule has 0 aliphatic rings. The molecule has 12 heteroatoms. The van der Waals surface area contributed by atoms with E-state index in [0.717, 1.165) is 0 Å². The molecule has 0 N–H and O–H groups in total. The van der Waals surface area contributed by atoms with E-state index in [1.807, 2.05) is 0 Å². The smallest absolute Gasteiger partial charge is 0.214 e. The second-order valence-corrected chi connectivity index (χ2v) is 11.5. The largest absolute Gasteiger partial charge is 0.287 e. The summed E-state index contributed by atoms with van der Waals surface area (Å²) in [6.45, 7) is 0. The van der Waals surface area contributed by atoms with Crippen LogP contribution in [0.2, 0.25) is 0 Å². The Balaban J connectivity index is 1.53. The number of aromatic nitrogens is 6. The van der Waals surface area contributed by atoms with Crippen molar-refractivity contribution in [3.63, 3.8) is 0 Å². The molecule has 3 aromatic heterocycles. The SMILES string of the molecule is O=c1c2ccccc2c(=O)c2nc3c(nc12)c1nc2c(=O)c4ccccc4c(=O)c2nc1c1nc2c(=O)c4ccccc4c(=O)c2nc31. The minimum Gasteiger partial charge on any atom is -0.287 e. The Bertz CT molecular complexity index is 2910. The van der Waals surface area contributed by atoms with E-state index in [4.69, 9.17) is 0 Å². The maximum absolute atomic E-state index is 13.6. The average Bonchev–Trinajstić information content (AvgIpc) is 3.13. The van der Waals surface area contributed by atoms with Gasteiger partial charge < -0.3 is 0 Å². The second-order valence-electron chi connectivity index (χ2n) is 11.5. The van der Waals surface area contributed by atoms with Crippen molar-refractivity contribution in [1.29, 1.82) is 0 Å². The number of benzene rings is 7. The molecule has 222 valence electrons. The third-order valence-electron chi connectivity index (χ3n) is 8.90. The van der Waals surface area contributed by atoms with Crippen molar-refractivity contribution in [1.82, 2.24) is 29.9 Å². The van der Waals surface area contributed by atoms with Crippen molar-refractivity contribution in [2.45, 2.75) is 0 Å². The monoisotopic (exact) mass is 624 g/mol. The lowest BCUT2D eigenvalue weighted by Gasteiger charge is -2.10. The van der Waals surface area contributed by atoms with Crippen LogP contribution in [0.3, 0.4) is 0 Å². The maximum atomic E-state index is 13.6. The maximum Gasteiger partial charge on any atom is 0.214 e. The zero-order chi connectivity index (χ0) is 32.6. The summed E-state index contributed by atoms with van der Waals surface area (Å²) in [5, 5.41) is 0.868. The molecule has 0 amide bonds. The van der Waals surface area contributed by atoms with Crippen LogP contribution < -0.4 is 32.6 Å². The van der Waals surface area contributed by atoms with Gasteiger partial charge in [-0.1, -0.05) is 72.8 Å². The summed E-state index contributed by atoms with van der Waals surface area (Å²) in [4.78, 5) is 109. The zero-order valence-corrected chi connectivity index (χ0v) is 24.1. The molecule has 10 rings (SSSR count). The third kappa shape index (κ3) is 3.12. The lowest BCUT2D eigenvalue weighted by Crippen LogP contribution is -2.18. The van der Waals surface area contributed by atoms with Crippen LogP contribution in [0.4, 0.5) is 0 Å². The fourth-order valence-corrected chi connectivity index (χ4v) is 6.65. The number of nitrogens with zero attached hydrogens (tertiary/aromatic N) is 6. The molecule has 7 aromatic carbocycles. The molecule has 0 radical (unpaired) electrons. The minimum atomic E-state index is -0.553. The van der Waals surface area contributed by atoms with Crippen molar-refractivity contribution in [2.75, 3.05) is 0 Å². The van der Waals surface area contributed by atoms with Gasteiger partial charge in [0.15, 0.2) is 0 Å². The van der Waals surface area contributed by atoms with Crippen LogP contribution in [-0.4, -0.2) is 29.9 Å². The number of rotatable bonds is 0. The van der Waals surface area contributed by atoms with Gasteiger partial charge in [-0.15, -0.1) is 0 Å².